The molecule has 0 aliphatic carbocycles. The molecule has 4 nitrogen and oxygen atoms in total. The van der Waals surface area contributed by atoms with Gasteiger partial charge < -0.3 is 4.74 Å². The summed E-state index contributed by atoms with van der Waals surface area (Å²) < 4.78 is 69.9. The van der Waals surface area contributed by atoms with Gasteiger partial charge in [-0.3, -0.25) is 8.96 Å². The number of halogens is 5. The van der Waals surface area contributed by atoms with Crippen molar-refractivity contribution in [3.05, 3.63) is 42.1 Å². The third kappa shape index (κ3) is 3.58. The summed E-state index contributed by atoms with van der Waals surface area (Å²) in [5.41, 5.74) is 2.20. The summed E-state index contributed by atoms with van der Waals surface area (Å²) in [7, 11) is 0. The molecule has 0 saturated carbocycles. The molecule has 1 aromatic carbocycles. The van der Waals surface area contributed by atoms with E-state index in [2.05, 4.69) is 9.97 Å². The highest BCUT2D eigenvalue weighted by molar-refractivity contribution is 7.97. The van der Waals surface area contributed by atoms with Crippen molar-refractivity contribution in [2.24, 2.45) is 0 Å². The van der Waals surface area contributed by atoms with Gasteiger partial charge in [-0.15, -0.1) is 0 Å². The van der Waals surface area contributed by atoms with Crippen LogP contribution < -0.4 is 4.74 Å². The number of imidazole rings is 1. The number of benzene rings is 1. The van der Waals surface area contributed by atoms with Gasteiger partial charge in [-0.1, -0.05) is 12.1 Å². The van der Waals surface area contributed by atoms with Crippen molar-refractivity contribution in [1.29, 1.82) is 0 Å². The molecule has 0 aliphatic heterocycles. The number of alkyl halides is 5. The zero-order valence-corrected chi connectivity index (χ0v) is 15.0. The quantitative estimate of drug-likeness (QED) is 0.555. The molecule has 0 saturated heterocycles. The van der Waals surface area contributed by atoms with E-state index in [1.165, 1.54) is 31.1 Å². The molecular formula is C17H14F5N3OS. The maximum absolute atomic E-state index is 13.1. The summed E-state index contributed by atoms with van der Waals surface area (Å²) in [6, 6.07) is 8.59. The Bertz CT molecular complexity index is 971. The Balaban J connectivity index is 1.99. The van der Waals surface area contributed by atoms with E-state index in [1.807, 2.05) is 30.5 Å². The first-order valence-electron chi connectivity index (χ1n) is 7.71. The van der Waals surface area contributed by atoms with Gasteiger partial charge >= 0.3 is 12.1 Å². The molecule has 3 aromatic rings. The predicted octanol–water partition coefficient (Wildman–Crippen LogP) is 5.11. The molecular weight excluding hydrogens is 389 g/mol. The number of hydrogen-bond donors (Lipinski definition) is 0. The summed E-state index contributed by atoms with van der Waals surface area (Å²) in [6.07, 6.45) is -2.56. The molecule has 0 unspecified atom stereocenters. The largest absolute Gasteiger partial charge is 0.486 e. The number of nitrogens with zero attached hydrogens (tertiary/aromatic N) is 3. The Hall–Kier alpha value is -2.36. The SMILES string of the molecule is CSn1c(-c2nccc(OCC(F)(F)C(F)(F)F)c2C)nc2ccccc21. The summed E-state index contributed by atoms with van der Waals surface area (Å²) in [6.45, 7) is -0.271. The first-order valence-corrected chi connectivity index (χ1v) is 8.89. The van der Waals surface area contributed by atoms with Crippen LogP contribution >= 0.6 is 11.9 Å². The van der Waals surface area contributed by atoms with E-state index < -0.39 is 18.7 Å². The van der Waals surface area contributed by atoms with Crippen LogP contribution in [0.15, 0.2) is 36.5 Å². The minimum absolute atomic E-state index is 0.108. The van der Waals surface area contributed by atoms with Crippen molar-refractivity contribution in [2.75, 3.05) is 12.9 Å². The van der Waals surface area contributed by atoms with Crippen molar-refractivity contribution in [2.45, 2.75) is 19.0 Å². The topological polar surface area (TPSA) is 39.9 Å². The molecule has 0 amide bonds. The van der Waals surface area contributed by atoms with E-state index in [9.17, 15) is 22.0 Å². The van der Waals surface area contributed by atoms with Gasteiger partial charge in [0.2, 0.25) is 0 Å². The van der Waals surface area contributed by atoms with E-state index >= 15 is 0 Å². The van der Waals surface area contributed by atoms with Crippen molar-refractivity contribution in [1.82, 2.24) is 13.9 Å². The fourth-order valence-corrected chi connectivity index (χ4v) is 3.14. The number of pyridine rings is 1. The fraction of sp³-hybridized carbons (Fsp3) is 0.294. The van der Waals surface area contributed by atoms with Gasteiger partial charge in [0.1, 0.15) is 11.4 Å². The second kappa shape index (κ2) is 6.99. The van der Waals surface area contributed by atoms with E-state index in [0.29, 0.717) is 22.6 Å². The normalized spacial score (nSPS) is 12.6. The Morgan fingerprint density at radius 1 is 1.11 bits per heavy atom. The molecule has 3 rings (SSSR count). The van der Waals surface area contributed by atoms with Crippen LogP contribution in [-0.4, -0.2) is 38.9 Å². The average molecular weight is 403 g/mol. The van der Waals surface area contributed by atoms with Crippen molar-refractivity contribution < 1.29 is 26.7 Å². The Morgan fingerprint density at radius 2 is 1.81 bits per heavy atom. The molecule has 0 bridgehead atoms. The number of rotatable bonds is 5. The zero-order valence-electron chi connectivity index (χ0n) is 14.2. The van der Waals surface area contributed by atoms with Gasteiger partial charge in [0, 0.05) is 18.0 Å². The van der Waals surface area contributed by atoms with Crippen LogP contribution in [0, 0.1) is 6.92 Å². The Kier molecular flexibility index (Phi) is 5.02. The highest BCUT2D eigenvalue weighted by Crippen LogP contribution is 2.37. The number of para-hydroxylation sites is 2. The van der Waals surface area contributed by atoms with Crippen LogP contribution in [0.5, 0.6) is 5.75 Å². The van der Waals surface area contributed by atoms with Gasteiger partial charge in [-0.05, 0) is 37.1 Å². The molecule has 2 heterocycles. The van der Waals surface area contributed by atoms with Crippen LogP contribution in [0.3, 0.4) is 0 Å². The number of ether oxygens (including phenoxy) is 1. The molecule has 0 N–H and O–H groups in total. The molecule has 0 spiro atoms. The molecule has 27 heavy (non-hydrogen) atoms. The standard InChI is InChI=1S/C17H14F5N3OS/c1-10-13(26-9-16(18,19)17(20,21)22)7-8-23-14(10)15-24-11-5-3-4-6-12(11)25(15)27-2/h3-8H,9H2,1-2H3. The van der Waals surface area contributed by atoms with Gasteiger partial charge in [0.25, 0.3) is 0 Å². The molecule has 0 aliphatic rings. The lowest BCUT2D eigenvalue weighted by Crippen LogP contribution is -2.41. The molecule has 144 valence electrons. The summed E-state index contributed by atoms with van der Waals surface area (Å²) in [4.78, 5) is 8.72. The van der Waals surface area contributed by atoms with Gasteiger partial charge in [0.05, 0.1) is 11.0 Å². The predicted molar refractivity (Wildman–Crippen MR) is 93.1 cm³/mol. The lowest BCUT2D eigenvalue weighted by Gasteiger charge is -2.20. The second-order valence-electron chi connectivity index (χ2n) is 5.67. The highest BCUT2D eigenvalue weighted by Gasteiger charge is 2.58. The van der Waals surface area contributed by atoms with Crippen molar-refractivity contribution in [3.63, 3.8) is 0 Å². The molecule has 0 atom stereocenters. The van der Waals surface area contributed by atoms with Gasteiger partial charge in [0.15, 0.2) is 12.4 Å². The van der Waals surface area contributed by atoms with Crippen LogP contribution in [-0.2, 0) is 0 Å². The van der Waals surface area contributed by atoms with Crippen molar-refractivity contribution >= 4 is 23.0 Å². The monoisotopic (exact) mass is 403 g/mol. The molecule has 0 radical (unpaired) electrons. The average Bonchev–Trinajstić information content (AvgIpc) is 2.98. The van der Waals surface area contributed by atoms with Gasteiger partial charge in [-0.25, -0.2) is 4.98 Å². The van der Waals surface area contributed by atoms with Crippen LogP contribution in [0.2, 0.25) is 0 Å². The Labute approximate surface area is 155 Å². The highest BCUT2D eigenvalue weighted by atomic mass is 32.2. The van der Waals surface area contributed by atoms with Crippen LogP contribution in [0.4, 0.5) is 22.0 Å². The fourth-order valence-electron chi connectivity index (χ4n) is 2.49. The lowest BCUT2D eigenvalue weighted by atomic mass is 10.2. The van der Waals surface area contributed by atoms with Crippen molar-refractivity contribution in [3.8, 4) is 17.3 Å². The summed E-state index contributed by atoms with van der Waals surface area (Å²) in [5, 5.41) is 0. The molecule has 0 fully saturated rings. The third-order valence-electron chi connectivity index (χ3n) is 3.89. The smallest absolute Gasteiger partial charge is 0.456 e. The maximum Gasteiger partial charge on any atom is 0.456 e. The lowest BCUT2D eigenvalue weighted by molar-refractivity contribution is -0.290. The summed E-state index contributed by atoms with van der Waals surface area (Å²) >= 11 is 1.37. The first kappa shape index (κ1) is 19.4. The Morgan fingerprint density at radius 3 is 2.48 bits per heavy atom. The first-order chi connectivity index (χ1) is 12.7. The van der Waals surface area contributed by atoms with Crippen LogP contribution in [0.25, 0.3) is 22.6 Å². The van der Waals surface area contributed by atoms with E-state index in [0.717, 1.165) is 5.52 Å². The maximum atomic E-state index is 13.1. The zero-order chi connectivity index (χ0) is 19.8. The van der Waals surface area contributed by atoms with E-state index in [-0.39, 0.29) is 5.75 Å². The minimum Gasteiger partial charge on any atom is -0.486 e. The minimum atomic E-state index is -5.68. The number of hydrogen-bond acceptors (Lipinski definition) is 4. The summed E-state index contributed by atoms with van der Waals surface area (Å²) in [5.74, 6) is -4.60. The van der Waals surface area contributed by atoms with E-state index in [4.69, 9.17) is 4.74 Å². The second-order valence-corrected chi connectivity index (χ2v) is 6.40. The molecule has 2 aromatic heterocycles. The number of fused-ring (bicyclic) bond motifs is 1. The van der Waals surface area contributed by atoms with Gasteiger partial charge in [-0.2, -0.15) is 22.0 Å². The van der Waals surface area contributed by atoms with E-state index in [1.54, 1.807) is 3.97 Å². The molecule has 10 heteroatoms. The van der Waals surface area contributed by atoms with Crippen LogP contribution in [0.1, 0.15) is 5.56 Å². The number of aromatic nitrogens is 3. The third-order valence-corrected chi connectivity index (χ3v) is 4.63.